The summed E-state index contributed by atoms with van der Waals surface area (Å²) in [6, 6.07) is 6.21. The smallest absolute Gasteiger partial charge is 0.177 e. The van der Waals surface area contributed by atoms with Crippen molar-refractivity contribution in [3.05, 3.63) is 56.0 Å². The quantitative estimate of drug-likeness (QED) is 0.741. The summed E-state index contributed by atoms with van der Waals surface area (Å²) in [5.41, 5.74) is 2.01. The first-order valence-corrected chi connectivity index (χ1v) is 7.91. The molecular weight excluding hydrogens is 295 g/mol. The van der Waals surface area contributed by atoms with Crippen molar-refractivity contribution in [2.45, 2.75) is 32.1 Å². The number of Topliss-reactive ketones (excluding diaryl/α,β-unsaturated/α-hetero) is 1. The molecule has 3 rings (SSSR count). The second-order valence-electron chi connectivity index (χ2n) is 5.10. The Morgan fingerprint density at radius 2 is 2.05 bits per heavy atom. The van der Waals surface area contributed by atoms with Gasteiger partial charge in [0.1, 0.15) is 5.82 Å². The number of hydrogen-bond donors (Lipinski definition) is 0. The summed E-state index contributed by atoms with van der Waals surface area (Å²) in [6.45, 7) is 0. The lowest BCUT2D eigenvalue weighted by atomic mass is 9.98. The molecule has 1 heterocycles. The standard InChI is InChI=1S/C16H14ClFOS/c17-13-9-12(18)6-5-10(13)7-14(19)16-8-11-3-1-2-4-15(11)20-16/h5-6,8-9H,1-4,7H2. The van der Waals surface area contributed by atoms with Crippen LogP contribution in [0.4, 0.5) is 4.39 Å². The minimum Gasteiger partial charge on any atom is -0.293 e. The summed E-state index contributed by atoms with van der Waals surface area (Å²) >= 11 is 7.58. The van der Waals surface area contributed by atoms with E-state index in [2.05, 4.69) is 0 Å². The molecule has 0 unspecified atom stereocenters. The number of carbonyl (C=O) groups excluding carboxylic acids is 1. The Bertz CT molecular complexity index is 639. The van der Waals surface area contributed by atoms with Crippen LogP contribution in [0.2, 0.25) is 5.02 Å². The van der Waals surface area contributed by atoms with Crippen molar-refractivity contribution in [3.63, 3.8) is 0 Å². The zero-order valence-corrected chi connectivity index (χ0v) is 12.5. The molecule has 4 heteroatoms. The Morgan fingerprint density at radius 3 is 2.80 bits per heavy atom. The van der Waals surface area contributed by atoms with Gasteiger partial charge < -0.3 is 0 Å². The largest absolute Gasteiger partial charge is 0.293 e. The molecule has 0 N–H and O–H groups in total. The van der Waals surface area contributed by atoms with Crippen LogP contribution in [0.15, 0.2) is 24.3 Å². The van der Waals surface area contributed by atoms with Crippen molar-refractivity contribution < 1.29 is 9.18 Å². The van der Waals surface area contributed by atoms with Gasteiger partial charge in [-0.05, 0) is 55.0 Å². The molecule has 0 spiro atoms. The van der Waals surface area contributed by atoms with Crippen LogP contribution in [-0.2, 0) is 19.3 Å². The highest BCUT2D eigenvalue weighted by Gasteiger charge is 2.18. The number of hydrogen-bond acceptors (Lipinski definition) is 2. The number of thiophene rings is 1. The molecule has 0 amide bonds. The number of rotatable bonds is 3. The maximum atomic E-state index is 13.0. The number of ketones is 1. The van der Waals surface area contributed by atoms with E-state index in [4.69, 9.17) is 11.6 Å². The molecule has 1 aromatic carbocycles. The minimum atomic E-state index is -0.377. The maximum Gasteiger partial charge on any atom is 0.177 e. The molecular formula is C16H14ClFOS. The average molecular weight is 309 g/mol. The fourth-order valence-corrected chi connectivity index (χ4v) is 3.98. The van der Waals surface area contributed by atoms with Crippen LogP contribution in [-0.4, -0.2) is 5.78 Å². The Kier molecular flexibility index (Phi) is 3.90. The lowest BCUT2D eigenvalue weighted by Crippen LogP contribution is -2.02. The summed E-state index contributed by atoms with van der Waals surface area (Å²) in [5, 5.41) is 0.319. The normalized spacial score (nSPS) is 14.1. The lowest BCUT2D eigenvalue weighted by Gasteiger charge is -2.08. The summed E-state index contributed by atoms with van der Waals surface area (Å²) < 4.78 is 13.0. The van der Waals surface area contributed by atoms with Crippen molar-refractivity contribution >= 4 is 28.7 Å². The number of aryl methyl sites for hydroxylation is 2. The van der Waals surface area contributed by atoms with Crippen LogP contribution < -0.4 is 0 Å². The topological polar surface area (TPSA) is 17.1 Å². The van der Waals surface area contributed by atoms with Gasteiger partial charge in [0, 0.05) is 16.3 Å². The van der Waals surface area contributed by atoms with Gasteiger partial charge in [0.2, 0.25) is 0 Å². The second kappa shape index (κ2) is 5.66. The molecule has 2 aromatic rings. The summed E-state index contributed by atoms with van der Waals surface area (Å²) in [6.07, 6.45) is 4.82. The Balaban J connectivity index is 1.80. The number of fused-ring (bicyclic) bond motifs is 1. The van der Waals surface area contributed by atoms with Crippen LogP contribution in [0.1, 0.15) is 38.5 Å². The molecule has 0 radical (unpaired) electrons. The molecule has 0 atom stereocenters. The van der Waals surface area contributed by atoms with Gasteiger partial charge in [-0.1, -0.05) is 17.7 Å². The third kappa shape index (κ3) is 2.79. The van der Waals surface area contributed by atoms with Crippen LogP contribution in [0.5, 0.6) is 0 Å². The molecule has 1 nitrogen and oxygen atoms in total. The highest BCUT2D eigenvalue weighted by Crippen LogP contribution is 2.30. The number of carbonyl (C=O) groups is 1. The highest BCUT2D eigenvalue weighted by molar-refractivity contribution is 7.14. The van der Waals surface area contributed by atoms with Gasteiger partial charge >= 0.3 is 0 Å². The first-order chi connectivity index (χ1) is 9.63. The molecule has 1 aliphatic carbocycles. The minimum absolute atomic E-state index is 0.0675. The number of benzene rings is 1. The first kappa shape index (κ1) is 13.8. The van der Waals surface area contributed by atoms with E-state index >= 15 is 0 Å². The van der Waals surface area contributed by atoms with Crippen molar-refractivity contribution in [3.8, 4) is 0 Å². The highest BCUT2D eigenvalue weighted by atomic mass is 35.5. The molecule has 20 heavy (non-hydrogen) atoms. The van der Waals surface area contributed by atoms with Gasteiger partial charge in [-0.25, -0.2) is 4.39 Å². The van der Waals surface area contributed by atoms with E-state index in [0.29, 0.717) is 10.6 Å². The van der Waals surface area contributed by atoms with Crippen molar-refractivity contribution in [2.24, 2.45) is 0 Å². The fourth-order valence-electron chi connectivity index (χ4n) is 2.55. The van der Waals surface area contributed by atoms with Gasteiger partial charge in [-0.2, -0.15) is 0 Å². The van der Waals surface area contributed by atoms with Crippen molar-refractivity contribution in [2.75, 3.05) is 0 Å². The van der Waals surface area contributed by atoms with Crippen molar-refractivity contribution in [1.82, 2.24) is 0 Å². The molecule has 1 aliphatic rings. The van der Waals surface area contributed by atoms with E-state index < -0.39 is 0 Å². The summed E-state index contributed by atoms with van der Waals surface area (Å²) in [5.74, 6) is -0.310. The van der Waals surface area contributed by atoms with Gasteiger partial charge in [0.15, 0.2) is 5.78 Å². The zero-order valence-electron chi connectivity index (χ0n) is 10.9. The molecule has 1 aromatic heterocycles. The van der Waals surface area contributed by atoms with Gasteiger partial charge in [-0.15, -0.1) is 11.3 Å². The molecule has 0 fully saturated rings. The van der Waals surface area contributed by atoms with E-state index in [1.165, 1.54) is 35.4 Å². The first-order valence-electron chi connectivity index (χ1n) is 6.72. The zero-order chi connectivity index (χ0) is 14.1. The SMILES string of the molecule is O=C(Cc1ccc(F)cc1Cl)c1cc2c(s1)CCCC2. The number of halogens is 2. The maximum absolute atomic E-state index is 13.0. The van der Waals surface area contributed by atoms with E-state index in [-0.39, 0.29) is 18.0 Å². The third-order valence-electron chi connectivity index (χ3n) is 3.64. The third-order valence-corrected chi connectivity index (χ3v) is 5.27. The Labute approximate surface area is 126 Å². The Hall–Kier alpha value is -1.19. The van der Waals surface area contributed by atoms with Gasteiger partial charge in [0.25, 0.3) is 0 Å². The summed E-state index contributed by atoms with van der Waals surface area (Å²) in [4.78, 5) is 14.5. The second-order valence-corrected chi connectivity index (χ2v) is 6.65. The lowest BCUT2D eigenvalue weighted by molar-refractivity contribution is 0.0996. The average Bonchev–Trinajstić information content (AvgIpc) is 2.86. The van der Waals surface area contributed by atoms with E-state index in [1.54, 1.807) is 17.4 Å². The van der Waals surface area contributed by atoms with Crippen LogP contribution in [0, 0.1) is 5.82 Å². The van der Waals surface area contributed by atoms with Gasteiger partial charge in [0.05, 0.1) is 4.88 Å². The molecule has 0 saturated carbocycles. The van der Waals surface area contributed by atoms with E-state index in [1.807, 2.05) is 6.07 Å². The van der Waals surface area contributed by atoms with Crippen LogP contribution >= 0.6 is 22.9 Å². The fraction of sp³-hybridized carbons (Fsp3) is 0.312. The molecule has 104 valence electrons. The van der Waals surface area contributed by atoms with E-state index in [0.717, 1.165) is 17.7 Å². The van der Waals surface area contributed by atoms with Gasteiger partial charge in [-0.3, -0.25) is 4.79 Å². The Morgan fingerprint density at radius 1 is 1.25 bits per heavy atom. The van der Waals surface area contributed by atoms with Crippen LogP contribution in [0.3, 0.4) is 0 Å². The predicted molar refractivity (Wildman–Crippen MR) is 80.4 cm³/mol. The molecule has 0 saturated heterocycles. The monoisotopic (exact) mass is 308 g/mol. The predicted octanol–water partition coefficient (Wildman–Crippen LogP) is 4.84. The molecule has 0 bridgehead atoms. The van der Waals surface area contributed by atoms with E-state index in [9.17, 15) is 9.18 Å². The van der Waals surface area contributed by atoms with Crippen molar-refractivity contribution in [1.29, 1.82) is 0 Å². The molecule has 0 aliphatic heterocycles. The van der Waals surface area contributed by atoms with Crippen LogP contribution in [0.25, 0.3) is 0 Å². The summed E-state index contributed by atoms with van der Waals surface area (Å²) in [7, 11) is 0.